The number of carbonyl (C=O) groups excluding carboxylic acids is 3. The van der Waals surface area contributed by atoms with Crippen molar-refractivity contribution in [2.24, 2.45) is 5.92 Å². The smallest absolute Gasteiger partial charge is 0.328 e. The molecule has 0 unspecified atom stereocenters. The Morgan fingerprint density at radius 1 is 1.25 bits per heavy atom. The van der Waals surface area contributed by atoms with Crippen LogP contribution in [0.3, 0.4) is 0 Å². The van der Waals surface area contributed by atoms with Gasteiger partial charge in [-0.25, -0.2) is 4.79 Å². The highest BCUT2D eigenvalue weighted by Gasteiger charge is 2.22. The molecule has 0 saturated heterocycles. The second kappa shape index (κ2) is 9.54. The van der Waals surface area contributed by atoms with Gasteiger partial charge in [0.25, 0.3) is 5.91 Å². The van der Waals surface area contributed by atoms with Crippen LogP contribution in [0.4, 0.5) is 0 Å². The molecule has 7 heteroatoms. The van der Waals surface area contributed by atoms with E-state index in [4.69, 9.17) is 9.47 Å². The van der Waals surface area contributed by atoms with Crippen molar-refractivity contribution in [3.8, 4) is 11.5 Å². The molecule has 0 aliphatic carbocycles. The van der Waals surface area contributed by atoms with Crippen LogP contribution in [0.2, 0.25) is 0 Å². The minimum absolute atomic E-state index is 0.207. The molecule has 0 saturated carbocycles. The summed E-state index contributed by atoms with van der Waals surface area (Å²) in [4.78, 5) is 34.8. The maximum absolute atomic E-state index is 12.0. The first-order valence-electron chi connectivity index (χ1n) is 7.54. The van der Waals surface area contributed by atoms with E-state index in [1.54, 1.807) is 12.1 Å². The summed E-state index contributed by atoms with van der Waals surface area (Å²) < 4.78 is 15.1. The van der Waals surface area contributed by atoms with Crippen LogP contribution in [-0.4, -0.2) is 45.0 Å². The number of nitrogens with one attached hydrogen (secondary N) is 1. The molecular formula is C17H23NO6. The summed E-state index contributed by atoms with van der Waals surface area (Å²) >= 11 is 0. The molecule has 0 heterocycles. The third-order valence-corrected chi connectivity index (χ3v) is 3.23. The quantitative estimate of drug-likeness (QED) is 0.543. The Labute approximate surface area is 141 Å². The third kappa shape index (κ3) is 5.91. The predicted octanol–water partition coefficient (Wildman–Crippen LogP) is 1.59. The molecule has 0 aliphatic rings. The number of rotatable bonds is 9. The van der Waals surface area contributed by atoms with E-state index in [2.05, 4.69) is 10.1 Å². The summed E-state index contributed by atoms with van der Waals surface area (Å²) in [5.41, 5.74) is 0.272. The van der Waals surface area contributed by atoms with Gasteiger partial charge in [-0.2, -0.15) is 0 Å². The number of methoxy groups -OCH3 is 2. The van der Waals surface area contributed by atoms with Gasteiger partial charge in [0.1, 0.15) is 17.5 Å². The van der Waals surface area contributed by atoms with Gasteiger partial charge in [-0.15, -0.1) is 0 Å². The van der Waals surface area contributed by atoms with Gasteiger partial charge in [-0.05, 0) is 30.5 Å². The zero-order valence-electron chi connectivity index (χ0n) is 14.3. The van der Waals surface area contributed by atoms with E-state index < -0.39 is 17.9 Å². The van der Waals surface area contributed by atoms with Crippen molar-refractivity contribution in [3.63, 3.8) is 0 Å². The molecule has 24 heavy (non-hydrogen) atoms. The second-order valence-electron chi connectivity index (χ2n) is 5.58. The zero-order chi connectivity index (χ0) is 18.1. The first kappa shape index (κ1) is 19.5. The zero-order valence-corrected chi connectivity index (χ0v) is 14.3. The lowest BCUT2D eigenvalue weighted by Gasteiger charge is -2.18. The highest BCUT2D eigenvalue weighted by Crippen LogP contribution is 2.22. The number of benzene rings is 1. The van der Waals surface area contributed by atoms with Crippen molar-refractivity contribution in [2.45, 2.75) is 26.3 Å². The lowest BCUT2D eigenvalue weighted by Crippen LogP contribution is -2.44. The summed E-state index contributed by atoms with van der Waals surface area (Å²) in [6, 6.07) is 3.95. The topological polar surface area (TPSA) is 90.9 Å². The second-order valence-corrected chi connectivity index (χ2v) is 5.58. The molecule has 132 valence electrons. The summed E-state index contributed by atoms with van der Waals surface area (Å²) in [5.74, 6) is 0.00313. The standard InChI is InChI=1S/C17H23NO6/c1-11(2)7-14(17(21)23-4)18-16(20)10-24-15-6-5-13(22-3)8-12(15)9-19/h5-6,8-9,11,14H,7,10H2,1-4H3,(H,18,20)/t14-/m1/s1. The Balaban J connectivity index is 2.67. The van der Waals surface area contributed by atoms with E-state index in [1.807, 2.05) is 13.8 Å². The first-order valence-corrected chi connectivity index (χ1v) is 7.54. The Hall–Kier alpha value is -2.57. The van der Waals surface area contributed by atoms with Crippen LogP contribution < -0.4 is 14.8 Å². The maximum Gasteiger partial charge on any atom is 0.328 e. The summed E-state index contributed by atoms with van der Waals surface area (Å²) in [6.07, 6.45) is 1.08. The molecule has 1 aromatic rings. The minimum Gasteiger partial charge on any atom is -0.497 e. The predicted molar refractivity (Wildman–Crippen MR) is 87.3 cm³/mol. The monoisotopic (exact) mass is 337 g/mol. The van der Waals surface area contributed by atoms with Gasteiger partial charge in [0, 0.05) is 0 Å². The normalized spacial score (nSPS) is 11.5. The number of amides is 1. The van der Waals surface area contributed by atoms with Gasteiger partial charge >= 0.3 is 5.97 Å². The van der Waals surface area contributed by atoms with Gasteiger partial charge in [-0.1, -0.05) is 13.8 Å². The summed E-state index contributed by atoms with van der Waals surface area (Å²) in [7, 11) is 2.76. The number of ether oxygens (including phenoxy) is 3. The summed E-state index contributed by atoms with van der Waals surface area (Å²) in [6.45, 7) is 3.55. The molecule has 0 spiro atoms. The Morgan fingerprint density at radius 2 is 1.96 bits per heavy atom. The van der Waals surface area contributed by atoms with Gasteiger partial charge in [0.2, 0.25) is 0 Å². The Kier molecular flexibility index (Phi) is 7.74. The van der Waals surface area contributed by atoms with Crippen molar-refractivity contribution in [1.29, 1.82) is 0 Å². The fourth-order valence-electron chi connectivity index (χ4n) is 2.08. The van der Waals surface area contributed by atoms with E-state index in [1.165, 1.54) is 20.3 Å². The molecule has 0 aromatic heterocycles. The largest absolute Gasteiger partial charge is 0.497 e. The van der Waals surface area contributed by atoms with Crippen molar-refractivity contribution < 1.29 is 28.6 Å². The molecule has 0 fully saturated rings. The fourth-order valence-corrected chi connectivity index (χ4v) is 2.08. The molecule has 1 N–H and O–H groups in total. The lowest BCUT2D eigenvalue weighted by molar-refractivity contribution is -0.145. The third-order valence-electron chi connectivity index (χ3n) is 3.23. The molecule has 0 bridgehead atoms. The number of hydrogen-bond acceptors (Lipinski definition) is 6. The van der Waals surface area contributed by atoms with Crippen LogP contribution in [0.15, 0.2) is 18.2 Å². The molecule has 1 aromatic carbocycles. The van der Waals surface area contributed by atoms with Crippen LogP contribution in [0, 0.1) is 5.92 Å². The molecule has 1 rings (SSSR count). The van der Waals surface area contributed by atoms with E-state index in [0.717, 1.165) is 0 Å². The maximum atomic E-state index is 12.0. The van der Waals surface area contributed by atoms with E-state index in [0.29, 0.717) is 18.5 Å². The van der Waals surface area contributed by atoms with E-state index >= 15 is 0 Å². The highest BCUT2D eigenvalue weighted by atomic mass is 16.5. The number of aldehydes is 1. The number of hydrogen-bond donors (Lipinski definition) is 1. The van der Waals surface area contributed by atoms with Crippen LogP contribution in [-0.2, 0) is 14.3 Å². The molecule has 0 aliphatic heterocycles. The molecule has 1 amide bonds. The molecular weight excluding hydrogens is 314 g/mol. The first-order chi connectivity index (χ1) is 11.4. The van der Waals surface area contributed by atoms with Crippen molar-refractivity contribution in [1.82, 2.24) is 5.32 Å². The fraction of sp³-hybridized carbons (Fsp3) is 0.471. The van der Waals surface area contributed by atoms with Crippen LogP contribution >= 0.6 is 0 Å². The SMILES string of the molecule is COC(=O)[C@@H](CC(C)C)NC(=O)COc1ccc(OC)cc1C=O. The number of carbonyl (C=O) groups is 3. The van der Waals surface area contributed by atoms with Crippen molar-refractivity contribution in [3.05, 3.63) is 23.8 Å². The molecule has 1 atom stereocenters. The average molecular weight is 337 g/mol. The lowest BCUT2D eigenvalue weighted by atomic mass is 10.0. The Bertz CT molecular complexity index is 584. The minimum atomic E-state index is -0.729. The van der Waals surface area contributed by atoms with Gasteiger partial charge in [0.05, 0.1) is 19.8 Å². The van der Waals surface area contributed by atoms with Crippen LogP contribution in [0.25, 0.3) is 0 Å². The average Bonchev–Trinajstić information content (AvgIpc) is 2.57. The van der Waals surface area contributed by atoms with E-state index in [-0.39, 0.29) is 23.8 Å². The highest BCUT2D eigenvalue weighted by molar-refractivity contribution is 5.85. The molecule has 7 nitrogen and oxygen atoms in total. The Morgan fingerprint density at radius 3 is 2.50 bits per heavy atom. The van der Waals surface area contributed by atoms with Crippen LogP contribution in [0.5, 0.6) is 11.5 Å². The molecule has 0 radical (unpaired) electrons. The van der Waals surface area contributed by atoms with Crippen molar-refractivity contribution in [2.75, 3.05) is 20.8 Å². The van der Waals surface area contributed by atoms with Gasteiger partial charge in [-0.3, -0.25) is 9.59 Å². The summed E-state index contributed by atoms with van der Waals surface area (Å²) in [5, 5.41) is 2.58. The van der Waals surface area contributed by atoms with E-state index in [9.17, 15) is 14.4 Å². The number of esters is 1. The van der Waals surface area contributed by atoms with Crippen LogP contribution in [0.1, 0.15) is 30.6 Å². The van der Waals surface area contributed by atoms with Gasteiger partial charge in [0.15, 0.2) is 12.9 Å². The van der Waals surface area contributed by atoms with Gasteiger partial charge < -0.3 is 19.5 Å². The van der Waals surface area contributed by atoms with Crippen molar-refractivity contribution >= 4 is 18.2 Å².